The highest BCUT2D eigenvalue weighted by molar-refractivity contribution is 6.30. The molecule has 5 heteroatoms. The lowest BCUT2D eigenvalue weighted by molar-refractivity contribution is -0.119. The summed E-state index contributed by atoms with van der Waals surface area (Å²) in [6.07, 6.45) is 0.372. The largest absolute Gasteiger partial charge is 0.489 e. The molecule has 16 heavy (non-hydrogen) atoms. The summed E-state index contributed by atoms with van der Waals surface area (Å²) >= 11 is 5.73. The van der Waals surface area contributed by atoms with Gasteiger partial charge in [-0.1, -0.05) is 11.6 Å². The molecule has 0 aliphatic heterocycles. The zero-order chi connectivity index (χ0) is 12.1. The lowest BCUT2D eigenvalue weighted by atomic mass is 10.2. The molecular formula is C11H12ClNO3. The minimum absolute atomic E-state index is 0.0981. The maximum absolute atomic E-state index is 10.8. The number of carbonyl (C=O) groups is 2. The molecule has 1 aromatic carbocycles. The maximum atomic E-state index is 10.8. The number of ether oxygens (including phenoxy) is 1. The molecule has 1 atom stereocenters. The third kappa shape index (κ3) is 3.55. The van der Waals surface area contributed by atoms with Gasteiger partial charge in [0.05, 0.1) is 12.0 Å². The first-order valence-electron chi connectivity index (χ1n) is 4.72. The molecule has 2 N–H and O–H groups in total. The van der Waals surface area contributed by atoms with Crippen molar-refractivity contribution in [2.45, 2.75) is 19.4 Å². The molecule has 1 aromatic rings. The number of nitrogens with two attached hydrogens (primary N) is 1. The van der Waals surface area contributed by atoms with Gasteiger partial charge in [-0.3, -0.25) is 9.59 Å². The number of hydrogen-bond acceptors (Lipinski definition) is 3. The molecule has 0 saturated heterocycles. The number of rotatable bonds is 5. The third-order valence-electron chi connectivity index (χ3n) is 1.92. The minimum atomic E-state index is -0.450. The molecule has 1 amide bonds. The number of primary amides is 1. The van der Waals surface area contributed by atoms with Crippen LogP contribution in [0.4, 0.5) is 0 Å². The number of aldehydes is 1. The van der Waals surface area contributed by atoms with Crippen molar-refractivity contribution in [3.05, 3.63) is 28.8 Å². The van der Waals surface area contributed by atoms with Crippen LogP contribution in [0.1, 0.15) is 23.7 Å². The molecule has 0 aliphatic rings. The molecule has 0 fully saturated rings. The van der Waals surface area contributed by atoms with E-state index >= 15 is 0 Å². The molecule has 0 heterocycles. The minimum Gasteiger partial charge on any atom is -0.489 e. The number of amides is 1. The monoisotopic (exact) mass is 241 g/mol. The van der Waals surface area contributed by atoms with Crippen molar-refractivity contribution in [3.63, 3.8) is 0 Å². The van der Waals surface area contributed by atoms with Crippen molar-refractivity contribution in [3.8, 4) is 5.75 Å². The summed E-state index contributed by atoms with van der Waals surface area (Å²) in [5.74, 6) is -0.0535. The molecule has 4 nitrogen and oxygen atoms in total. The Balaban J connectivity index is 2.80. The van der Waals surface area contributed by atoms with E-state index in [0.29, 0.717) is 22.6 Å². The van der Waals surface area contributed by atoms with E-state index in [1.165, 1.54) is 6.07 Å². The molecule has 0 aromatic heterocycles. The van der Waals surface area contributed by atoms with Crippen molar-refractivity contribution in [2.75, 3.05) is 0 Å². The van der Waals surface area contributed by atoms with Crippen LogP contribution in [0.15, 0.2) is 18.2 Å². The van der Waals surface area contributed by atoms with Gasteiger partial charge in [0.1, 0.15) is 11.9 Å². The summed E-state index contributed by atoms with van der Waals surface area (Å²) in [7, 11) is 0. The second-order valence-electron chi connectivity index (χ2n) is 3.40. The van der Waals surface area contributed by atoms with Crippen LogP contribution in [-0.2, 0) is 4.79 Å². The molecule has 0 radical (unpaired) electrons. The van der Waals surface area contributed by atoms with E-state index in [9.17, 15) is 9.59 Å². The average molecular weight is 242 g/mol. The second-order valence-corrected chi connectivity index (χ2v) is 3.84. The van der Waals surface area contributed by atoms with E-state index in [1.54, 1.807) is 19.1 Å². The van der Waals surface area contributed by atoms with Crippen LogP contribution in [0.25, 0.3) is 0 Å². The standard InChI is InChI=1S/C11H12ClNO3/c1-7(4-11(13)15)16-10-3-2-9(12)5-8(10)6-14/h2-3,5-7H,4H2,1H3,(H2,13,15). The summed E-state index contributed by atoms with van der Waals surface area (Å²) < 4.78 is 5.41. The Morgan fingerprint density at radius 3 is 2.88 bits per heavy atom. The third-order valence-corrected chi connectivity index (χ3v) is 2.15. The number of carbonyl (C=O) groups excluding carboxylic acids is 2. The van der Waals surface area contributed by atoms with E-state index in [4.69, 9.17) is 22.1 Å². The fourth-order valence-electron chi connectivity index (χ4n) is 1.26. The Labute approximate surface area is 98.3 Å². The molecule has 86 valence electrons. The summed E-state index contributed by atoms with van der Waals surface area (Å²) in [6, 6.07) is 4.70. The fraction of sp³-hybridized carbons (Fsp3) is 0.273. The Hall–Kier alpha value is -1.55. The second kappa shape index (κ2) is 5.51. The van der Waals surface area contributed by atoms with Crippen molar-refractivity contribution < 1.29 is 14.3 Å². The topological polar surface area (TPSA) is 69.4 Å². The molecule has 1 unspecified atom stereocenters. The Bertz CT molecular complexity index is 406. The van der Waals surface area contributed by atoms with Crippen LogP contribution in [0.5, 0.6) is 5.75 Å². The van der Waals surface area contributed by atoms with Gasteiger partial charge >= 0.3 is 0 Å². The average Bonchev–Trinajstić information content (AvgIpc) is 2.19. The highest BCUT2D eigenvalue weighted by Gasteiger charge is 2.10. The lowest BCUT2D eigenvalue weighted by Gasteiger charge is -2.14. The maximum Gasteiger partial charge on any atom is 0.221 e. The van der Waals surface area contributed by atoms with E-state index in [0.717, 1.165) is 0 Å². The quantitative estimate of drug-likeness (QED) is 0.799. The lowest BCUT2D eigenvalue weighted by Crippen LogP contribution is -2.22. The first kappa shape index (κ1) is 12.5. The fourth-order valence-corrected chi connectivity index (χ4v) is 1.44. The molecule has 1 rings (SSSR count). The number of benzene rings is 1. The van der Waals surface area contributed by atoms with Crippen molar-refractivity contribution in [1.29, 1.82) is 0 Å². The normalized spacial score (nSPS) is 11.9. The zero-order valence-corrected chi connectivity index (χ0v) is 9.53. The molecule has 0 saturated carbocycles. The van der Waals surface area contributed by atoms with Crippen LogP contribution in [0, 0.1) is 0 Å². The van der Waals surface area contributed by atoms with E-state index in [2.05, 4.69) is 0 Å². The van der Waals surface area contributed by atoms with Crippen LogP contribution >= 0.6 is 11.6 Å². The van der Waals surface area contributed by atoms with Gasteiger partial charge in [0, 0.05) is 5.02 Å². The van der Waals surface area contributed by atoms with Crippen molar-refractivity contribution in [1.82, 2.24) is 0 Å². The highest BCUT2D eigenvalue weighted by Crippen LogP contribution is 2.22. The van der Waals surface area contributed by atoms with Gasteiger partial charge in [-0.05, 0) is 25.1 Å². The number of hydrogen-bond donors (Lipinski definition) is 1. The van der Waals surface area contributed by atoms with Crippen LogP contribution in [0.2, 0.25) is 5.02 Å². The van der Waals surface area contributed by atoms with Gasteiger partial charge in [0.15, 0.2) is 6.29 Å². The number of halogens is 1. The summed E-state index contributed by atoms with van der Waals surface area (Å²) in [6.45, 7) is 1.70. The SMILES string of the molecule is CC(CC(N)=O)Oc1ccc(Cl)cc1C=O. The Morgan fingerprint density at radius 1 is 1.62 bits per heavy atom. The van der Waals surface area contributed by atoms with Gasteiger partial charge in [-0.2, -0.15) is 0 Å². The smallest absolute Gasteiger partial charge is 0.221 e. The summed E-state index contributed by atoms with van der Waals surface area (Å²) in [4.78, 5) is 21.4. The van der Waals surface area contributed by atoms with Crippen LogP contribution < -0.4 is 10.5 Å². The molecular weight excluding hydrogens is 230 g/mol. The van der Waals surface area contributed by atoms with Crippen molar-refractivity contribution in [2.24, 2.45) is 5.73 Å². The van der Waals surface area contributed by atoms with Gasteiger partial charge in [-0.15, -0.1) is 0 Å². The Morgan fingerprint density at radius 2 is 2.31 bits per heavy atom. The van der Waals surface area contributed by atoms with Gasteiger partial charge in [0.2, 0.25) is 5.91 Å². The zero-order valence-electron chi connectivity index (χ0n) is 8.77. The first-order valence-corrected chi connectivity index (χ1v) is 5.10. The van der Waals surface area contributed by atoms with Gasteiger partial charge < -0.3 is 10.5 Å². The summed E-state index contributed by atoms with van der Waals surface area (Å²) in [5.41, 5.74) is 5.38. The first-order chi connectivity index (χ1) is 7.52. The predicted molar refractivity (Wildman–Crippen MR) is 60.7 cm³/mol. The van der Waals surface area contributed by atoms with Crippen molar-refractivity contribution >= 4 is 23.8 Å². The predicted octanol–water partition coefficient (Wildman–Crippen LogP) is 1.80. The molecule has 0 spiro atoms. The van der Waals surface area contributed by atoms with Crippen LogP contribution in [-0.4, -0.2) is 18.3 Å². The van der Waals surface area contributed by atoms with Gasteiger partial charge in [-0.25, -0.2) is 0 Å². The van der Waals surface area contributed by atoms with E-state index in [-0.39, 0.29) is 12.5 Å². The molecule has 0 aliphatic carbocycles. The molecule has 0 bridgehead atoms. The van der Waals surface area contributed by atoms with E-state index in [1.807, 2.05) is 0 Å². The summed E-state index contributed by atoms with van der Waals surface area (Å²) in [5, 5.41) is 0.456. The Kier molecular flexibility index (Phi) is 4.31. The van der Waals surface area contributed by atoms with Gasteiger partial charge in [0.25, 0.3) is 0 Å². The van der Waals surface area contributed by atoms with E-state index < -0.39 is 5.91 Å². The van der Waals surface area contributed by atoms with Crippen LogP contribution in [0.3, 0.4) is 0 Å². The highest BCUT2D eigenvalue weighted by atomic mass is 35.5.